The molecule has 7 heteroatoms. The molecule has 0 saturated carbocycles. The lowest BCUT2D eigenvalue weighted by Gasteiger charge is -2.26. The van der Waals surface area contributed by atoms with Gasteiger partial charge in [0.25, 0.3) is 0 Å². The van der Waals surface area contributed by atoms with Crippen LogP contribution in [0.2, 0.25) is 0 Å². The predicted molar refractivity (Wildman–Crippen MR) is 70.1 cm³/mol. The molecule has 1 heterocycles. The molecule has 110 valence electrons. The lowest BCUT2D eigenvalue weighted by Crippen LogP contribution is -2.46. The molecule has 7 nitrogen and oxygen atoms in total. The fraction of sp³-hybridized carbons (Fsp3) is 0.833. The maximum Gasteiger partial charge on any atom is 0.315 e. The average molecular weight is 273 g/mol. The van der Waals surface area contributed by atoms with Gasteiger partial charge in [0.15, 0.2) is 0 Å². The number of carboxylic acid groups (broad SMARTS) is 1. The summed E-state index contributed by atoms with van der Waals surface area (Å²) >= 11 is 0. The van der Waals surface area contributed by atoms with Crippen LogP contribution in [0.1, 0.15) is 19.8 Å². The summed E-state index contributed by atoms with van der Waals surface area (Å²) in [5.74, 6) is -0.902. The number of nitrogens with zero attached hydrogens (tertiary/aromatic N) is 1. The summed E-state index contributed by atoms with van der Waals surface area (Å²) in [6.45, 7) is 6.44. The Morgan fingerprint density at radius 2 is 2.05 bits per heavy atom. The number of carboxylic acids is 1. The molecule has 1 aliphatic rings. The smallest absolute Gasteiger partial charge is 0.315 e. The van der Waals surface area contributed by atoms with Gasteiger partial charge >= 0.3 is 12.0 Å². The highest BCUT2D eigenvalue weighted by molar-refractivity contribution is 5.75. The van der Waals surface area contributed by atoms with Gasteiger partial charge in [0, 0.05) is 32.2 Å². The summed E-state index contributed by atoms with van der Waals surface area (Å²) in [4.78, 5) is 24.4. The SMILES string of the molecule is CCC(CC(=O)O)NC(=O)NCCN1CCOCC1. The second-order valence-electron chi connectivity index (χ2n) is 4.56. The molecule has 3 N–H and O–H groups in total. The first-order chi connectivity index (χ1) is 9.11. The molecule has 0 aromatic rings. The van der Waals surface area contributed by atoms with Crippen molar-refractivity contribution in [1.82, 2.24) is 15.5 Å². The molecule has 1 unspecified atom stereocenters. The molecule has 1 atom stereocenters. The zero-order valence-corrected chi connectivity index (χ0v) is 11.4. The van der Waals surface area contributed by atoms with Gasteiger partial charge in [-0.25, -0.2) is 4.79 Å². The molecule has 1 rings (SSSR count). The van der Waals surface area contributed by atoms with Crippen molar-refractivity contribution in [3.05, 3.63) is 0 Å². The average Bonchev–Trinajstić information content (AvgIpc) is 2.38. The highest BCUT2D eigenvalue weighted by Gasteiger charge is 2.14. The van der Waals surface area contributed by atoms with Crippen LogP contribution in [-0.4, -0.2) is 67.4 Å². The van der Waals surface area contributed by atoms with Crippen LogP contribution in [0.25, 0.3) is 0 Å². The largest absolute Gasteiger partial charge is 0.481 e. The van der Waals surface area contributed by atoms with Crippen molar-refractivity contribution >= 4 is 12.0 Å². The van der Waals surface area contributed by atoms with Gasteiger partial charge in [-0.1, -0.05) is 6.92 Å². The van der Waals surface area contributed by atoms with E-state index in [1.165, 1.54) is 0 Å². The topological polar surface area (TPSA) is 90.9 Å². The lowest BCUT2D eigenvalue weighted by atomic mass is 10.1. The minimum absolute atomic E-state index is 0.0482. The minimum atomic E-state index is -0.902. The molecule has 2 amide bonds. The van der Waals surface area contributed by atoms with Crippen LogP contribution < -0.4 is 10.6 Å². The molecule has 0 spiro atoms. The van der Waals surface area contributed by atoms with Gasteiger partial charge in [-0.05, 0) is 6.42 Å². The van der Waals surface area contributed by atoms with Gasteiger partial charge in [0.05, 0.1) is 19.6 Å². The number of hydrogen-bond donors (Lipinski definition) is 3. The van der Waals surface area contributed by atoms with Crippen LogP contribution in [0, 0.1) is 0 Å². The zero-order chi connectivity index (χ0) is 14.1. The molecule has 0 aliphatic carbocycles. The summed E-state index contributed by atoms with van der Waals surface area (Å²) in [5, 5.41) is 14.1. The summed E-state index contributed by atoms with van der Waals surface area (Å²) in [6, 6.07) is -0.623. The van der Waals surface area contributed by atoms with Crippen LogP contribution in [0.15, 0.2) is 0 Å². The quantitative estimate of drug-likeness (QED) is 0.601. The number of carbonyl (C=O) groups excluding carboxylic acids is 1. The second-order valence-corrected chi connectivity index (χ2v) is 4.56. The van der Waals surface area contributed by atoms with Gasteiger partial charge in [0.1, 0.15) is 0 Å². The van der Waals surface area contributed by atoms with E-state index in [2.05, 4.69) is 15.5 Å². The molecule has 1 saturated heterocycles. The summed E-state index contributed by atoms with van der Waals surface area (Å²) in [6.07, 6.45) is 0.552. The van der Waals surface area contributed by atoms with Crippen molar-refractivity contribution in [3.63, 3.8) is 0 Å². The second kappa shape index (κ2) is 8.71. The molecule has 0 aromatic heterocycles. The standard InChI is InChI=1S/C12H23N3O4/c1-2-10(9-11(16)17)14-12(18)13-3-4-15-5-7-19-8-6-15/h10H,2-9H2,1H3,(H,16,17)(H2,13,14,18). The minimum Gasteiger partial charge on any atom is -0.481 e. The van der Waals surface area contributed by atoms with Gasteiger partial charge in [-0.15, -0.1) is 0 Å². The number of amides is 2. The van der Waals surface area contributed by atoms with E-state index < -0.39 is 5.97 Å². The first-order valence-electron chi connectivity index (χ1n) is 6.68. The van der Waals surface area contributed by atoms with E-state index in [4.69, 9.17) is 9.84 Å². The van der Waals surface area contributed by atoms with Crippen molar-refractivity contribution in [1.29, 1.82) is 0 Å². The third-order valence-electron chi connectivity index (χ3n) is 3.07. The first kappa shape index (κ1) is 15.7. The Kier molecular flexibility index (Phi) is 7.20. The molecular weight excluding hydrogens is 250 g/mol. The Morgan fingerprint density at radius 1 is 1.37 bits per heavy atom. The first-order valence-corrected chi connectivity index (χ1v) is 6.68. The molecule has 1 fully saturated rings. The van der Waals surface area contributed by atoms with E-state index in [1.54, 1.807) is 0 Å². The van der Waals surface area contributed by atoms with E-state index in [0.717, 1.165) is 32.8 Å². The predicted octanol–water partition coefficient (Wildman–Crippen LogP) is -0.129. The maximum absolute atomic E-state index is 11.6. The Hall–Kier alpha value is -1.34. The zero-order valence-electron chi connectivity index (χ0n) is 11.4. The van der Waals surface area contributed by atoms with Crippen LogP contribution in [0.5, 0.6) is 0 Å². The highest BCUT2D eigenvalue weighted by Crippen LogP contribution is 1.97. The van der Waals surface area contributed by atoms with E-state index >= 15 is 0 Å². The normalized spacial score (nSPS) is 17.7. The number of carbonyl (C=O) groups is 2. The van der Waals surface area contributed by atoms with Crippen LogP contribution in [-0.2, 0) is 9.53 Å². The number of nitrogens with one attached hydrogen (secondary N) is 2. The third-order valence-corrected chi connectivity index (χ3v) is 3.07. The summed E-state index contributed by atoms with van der Waals surface area (Å²) in [7, 11) is 0. The summed E-state index contributed by atoms with van der Waals surface area (Å²) < 4.78 is 5.23. The van der Waals surface area contributed by atoms with Crippen molar-refractivity contribution in [3.8, 4) is 0 Å². The van der Waals surface area contributed by atoms with Crippen molar-refractivity contribution in [2.45, 2.75) is 25.8 Å². The van der Waals surface area contributed by atoms with E-state index in [0.29, 0.717) is 13.0 Å². The van der Waals surface area contributed by atoms with Crippen LogP contribution in [0.4, 0.5) is 4.79 Å². The van der Waals surface area contributed by atoms with Crippen molar-refractivity contribution < 1.29 is 19.4 Å². The number of rotatable bonds is 7. The van der Waals surface area contributed by atoms with Crippen LogP contribution in [0.3, 0.4) is 0 Å². The molecule has 1 aliphatic heterocycles. The Bertz CT molecular complexity index is 293. The van der Waals surface area contributed by atoms with Crippen LogP contribution >= 0.6 is 0 Å². The van der Waals surface area contributed by atoms with Gasteiger partial charge < -0.3 is 20.5 Å². The van der Waals surface area contributed by atoms with Gasteiger partial charge in [-0.2, -0.15) is 0 Å². The molecular formula is C12H23N3O4. The lowest BCUT2D eigenvalue weighted by molar-refractivity contribution is -0.137. The van der Waals surface area contributed by atoms with Gasteiger partial charge in [0.2, 0.25) is 0 Å². The Balaban J connectivity index is 2.13. The maximum atomic E-state index is 11.6. The summed E-state index contributed by atoms with van der Waals surface area (Å²) in [5.41, 5.74) is 0. The van der Waals surface area contributed by atoms with Crippen molar-refractivity contribution in [2.75, 3.05) is 39.4 Å². The fourth-order valence-electron chi connectivity index (χ4n) is 1.90. The number of morpholine rings is 1. The van der Waals surface area contributed by atoms with E-state index in [-0.39, 0.29) is 18.5 Å². The third kappa shape index (κ3) is 6.97. The Labute approximate surface area is 113 Å². The highest BCUT2D eigenvalue weighted by atomic mass is 16.5. The number of ether oxygens (including phenoxy) is 1. The molecule has 0 radical (unpaired) electrons. The molecule has 19 heavy (non-hydrogen) atoms. The van der Waals surface area contributed by atoms with Crippen molar-refractivity contribution in [2.24, 2.45) is 0 Å². The number of aliphatic carboxylic acids is 1. The molecule has 0 aromatic carbocycles. The fourth-order valence-corrected chi connectivity index (χ4v) is 1.90. The number of hydrogen-bond acceptors (Lipinski definition) is 4. The Morgan fingerprint density at radius 3 is 2.63 bits per heavy atom. The number of urea groups is 1. The van der Waals surface area contributed by atoms with E-state index in [9.17, 15) is 9.59 Å². The molecule has 0 bridgehead atoms. The monoisotopic (exact) mass is 273 g/mol. The van der Waals surface area contributed by atoms with Gasteiger partial charge in [-0.3, -0.25) is 9.69 Å². The van der Waals surface area contributed by atoms with E-state index in [1.807, 2.05) is 6.92 Å².